The standard InChI is InChI=1S/C19H25NO.ClH/c1-2-14-20(15-12-17-6-4-3-5-7-17)16-13-18-8-10-19(21)11-9-18;/h3-11,21H,2,12-16H2,1H3;1H. The highest BCUT2D eigenvalue weighted by atomic mass is 35.5. The lowest BCUT2D eigenvalue weighted by Gasteiger charge is -2.21. The second kappa shape index (κ2) is 10.3. The maximum absolute atomic E-state index is 9.32. The highest BCUT2D eigenvalue weighted by molar-refractivity contribution is 5.85. The van der Waals surface area contributed by atoms with E-state index in [0.717, 1.165) is 32.5 Å². The summed E-state index contributed by atoms with van der Waals surface area (Å²) >= 11 is 0. The maximum Gasteiger partial charge on any atom is 0.115 e. The molecule has 2 rings (SSSR count). The van der Waals surface area contributed by atoms with Crippen LogP contribution >= 0.6 is 12.4 Å². The fourth-order valence-electron chi connectivity index (χ4n) is 2.53. The monoisotopic (exact) mass is 319 g/mol. The number of rotatable bonds is 8. The molecule has 0 aliphatic rings. The van der Waals surface area contributed by atoms with Gasteiger partial charge in [0.25, 0.3) is 0 Å². The molecule has 0 amide bonds. The van der Waals surface area contributed by atoms with Gasteiger partial charge in [0.1, 0.15) is 5.75 Å². The molecule has 0 spiro atoms. The summed E-state index contributed by atoms with van der Waals surface area (Å²) in [6, 6.07) is 18.2. The number of halogens is 1. The van der Waals surface area contributed by atoms with Crippen molar-refractivity contribution in [2.75, 3.05) is 19.6 Å². The zero-order chi connectivity index (χ0) is 14.9. The second-order valence-corrected chi connectivity index (χ2v) is 5.49. The van der Waals surface area contributed by atoms with E-state index in [9.17, 15) is 5.11 Å². The van der Waals surface area contributed by atoms with E-state index >= 15 is 0 Å². The summed E-state index contributed by atoms with van der Waals surface area (Å²) in [5.41, 5.74) is 2.69. The molecule has 2 aromatic carbocycles. The highest BCUT2D eigenvalue weighted by Gasteiger charge is 2.05. The second-order valence-electron chi connectivity index (χ2n) is 5.49. The predicted molar refractivity (Wildman–Crippen MR) is 95.9 cm³/mol. The molecule has 2 aromatic rings. The first-order chi connectivity index (χ1) is 10.3. The van der Waals surface area contributed by atoms with E-state index in [1.807, 2.05) is 12.1 Å². The Morgan fingerprint density at radius 3 is 1.86 bits per heavy atom. The van der Waals surface area contributed by atoms with Crippen molar-refractivity contribution in [1.29, 1.82) is 0 Å². The Hall–Kier alpha value is -1.51. The highest BCUT2D eigenvalue weighted by Crippen LogP contribution is 2.11. The van der Waals surface area contributed by atoms with Crippen LogP contribution < -0.4 is 0 Å². The van der Waals surface area contributed by atoms with Crippen LogP contribution in [0.15, 0.2) is 54.6 Å². The molecule has 0 aromatic heterocycles. The van der Waals surface area contributed by atoms with Gasteiger partial charge in [-0.2, -0.15) is 0 Å². The van der Waals surface area contributed by atoms with Crippen LogP contribution in [0.5, 0.6) is 5.75 Å². The van der Waals surface area contributed by atoms with Gasteiger partial charge in [0.05, 0.1) is 0 Å². The van der Waals surface area contributed by atoms with Crippen molar-refractivity contribution in [2.24, 2.45) is 0 Å². The van der Waals surface area contributed by atoms with Gasteiger partial charge < -0.3 is 10.0 Å². The number of nitrogens with zero attached hydrogens (tertiary/aromatic N) is 1. The summed E-state index contributed by atoms with van der Waals surface area (Å²) in [6.45, 7) is 5.56. The number of phenolic OH excluding ortho intramolecular Hbond substituents is 1. The van der Waals surface area contributed by atoms with E-state index in [1.165, 1.54) is 17.5 Å². The molecule has 0 aliphatic heterocycles. The third-order valence-electron chi connectivity index (χ3n) is 3.75. The van der Waals surface area contributed by atoms with Crippen molar-refractivity contribution in [3.05, 3.63) is 65.7 Å². The summed E-state index contributed by atoms with van der Waals surface area (Å²) < 4.78 is 0. The molecule has 3 heteroatoms. The molecule has 22 heavy (non-hydrogen) atoms. The smallest absolute Gasteiger partial charge is 0.115 e. The predicted octanol–water partition coefficient (Wildman–Crippen LogP) is 4.31. The van der Waals surface area contributed by atoms with Gasteiger partial charge in [0.15, 0.2) is 0 Å². The molecule has 0 aliphatic carbocycles. The lowest BCUT2D eigenvalue weighted by molar-refractivity contribution is 0.281. The fraction of sp³-hybridized carbons (Fsp3) is 0.368. The van der Waals surface area contributed by atoms with Crippen molar-refractivity contribution < 1.29 is 5.11 Å². The van der Waals surface area contributed by atoms with Crippen LogP contribution in [0.25, 0.3) is 0 Å². The number of aromatic hydroxyl groups is 1. The lowest BCUT2D eigenvalue weighted by Crippen LogP contribution is -2.29. The molecular weight excluding hydrogens is 294 g/mol. The summed E-state index contributed by atoms with van der Waals surface area (Å²) in [4.78, 5) is 2.53. The van der Waals surface area contributed by atoms with Gasteiger partial charge in [-0.3, -0.25) is 0 Å². The van der Waals surface area contributed by atoms with E-state index in [0.29, 0.717) is 5.75 Å². The third kappa shape index (κ3) is 6.50. The number of benzene rings is 2. The minimum absolute atomic E-state index is 0. The van der Waals surface area contributed by atoms with Gasteiger partial charge >= 0.3 is 0 Å². The van der Waals surface area contributed by atoms with Gasteiger partial charge in [-0.25, -0.2) is 0 Å². The Balaban J connectivity index is 0.00000242. The average molecular weight is 320 g/mol. The van der Waals surface area contributed by atoms with Crippen molar-refractivity contribution >= 4 is 12.4 Å². The largest absolute Gasteiger partial charge is 0.508 e. The van der Waals surface area contributed by atoms with Crippen LogP contribution in [0.4, 0.5) is 0 Å². The van der Waals surface area contributed by atoms with Gasteiger partial charge in [-0.15, -0.1) is 12.4 Å². The van der Waals surface area contributed by atoms with E-state index in [-0.39, 0.29) is 12.4 Å². The molecule has 0 heterocycles. The van der Waals surface area contributed by atoms with Gasteiger partial charge in [-0.05, 0) is 49.1 Å². The number of hydrogen-bond acceptors (Lipinski definition) is 2. The van der Waals surface area contributed by atoms with Crippen LogP contribution in [-0.2, 0) is 12.8 Å². The fourth-order valence-corrected chi connectivity index (χ4v) is 2.53. The summed E-state index contributed by atoms with van der Waals surface area (Å²) in [5, 5.41) is 9.32. The Bertz CT molecular complexity index is 513. The molecule has 0 fully saturated rings. The Kier molecular flexibility index (Phi) is 8.64. The van der Waals surface area contributed by atoms with E-state index in [4.69, 9.17) is 0 Å². The molecule has 0 saturated carbocycles. The summed E-state index contributed by atoms with van der Waals surface area (Å²) in [5.74, 6) is 0.341. The maximum atomic E-state index is 9.32. The molecule has 1 N–H and O–H groups in total. The molecule has 120 valence electrons. The first-order valence-electron chi connectivity index (χ1n) is 7.82. The third-order valence-corrected chi connectivity index (χ3v) is 3.75. The zero-order valence-corrected chi connectivity index (χ0v) is 14.1. The zero-order valence-electron chi connectivity index (χ0n) is 13.2. The van der Waals surface area contributed by atoms with Crippen LogP contribution in [-0.4, -0.2) is 29.6 Å². The molecule has 0 atom stereocenters. The lowest BCUT2D eigenvalue weighted by atomic mass is 10.1. The molecule has 0 unspecified atom stereocenters. The van der Waals surface area contributed by atoms with Gasteiger partial charge in [-0.1, -0.05) is 49.4 Å². The topological polar surface area (TPSA) is 23.5 Å². The van der Waals surface area contributed by atoms with Crippen molar-refractivity contribution in [1.82, 2.24) is 4.90 Å². The van der Waals surface area contributed by atoms with E-state index in [2.05, 4.69) is 42.2 Å². The van der Waals surface area contributed by atoms with Crippen LogP contribution in [0.2, 0.25) is 0 Å². The number of hydrogen-bond donors (Lipinski definition) is 1. The molecular formula is C19H26ClNO. The van der Waals surface area contributed by atoms with Crippen LogP contribution in [0.1, 0.15) is 24.5 Å². The van der Waals surface area contributed by atoms with Crippen molar-refractivity contribution in [3.63, 3.8) is 0 Å². The summed E-state index contributed by atoms with van der Waals surface area (Å²) in [7, 11) is 0. The molecule has 0 radical (unpaired) electrons. The Morgan fingerprint density at radius 1 is 0.773 bits per heavy atom. The number of phenols is 1. The average Bonchev–Trinajstić information content (AvgIpc) is 2.52. The van der Waals surface area contributed by atoms with Crippen LogP contribution in [0.3, 0.4) is 0 Å². The first-order valence-corrected chi connectivity index (χ1v) is 7.82. The Labute approximate surface area is 140 Å². The minimum atomic E-state index is 0. The first kappa shape index (κ1) is 18.5. The van der Waals surface area contributed by atoms with Gasteiger partial charge in [0, 0.05) is 13.1 Å². The molecule has 2 nitrogen and oxygen atoms in total. The quantitative estimate of drug-likeness (QED) is 0.783. The van der Waals surface area contributed by atoms with E-state index < -0.39 is 0 Å². The molecule has 0 saturated heterocycles. The minimum Gasteiger partial charge on any atom is -0.508 e. The van der Waals surface area contributed by atoms with Crippen LogP contribution in [0, 0.1) is 0 Å². The van der Waals surface area contributed by atoms with Crippen molar-refractivity contribution in [2.45, 2.75) is 26.2 Å². The van der Waals surface area contributed by atoms with E-state index in [1.54, 1.807) is 12.1 Å². The Morgan fingerprint density at radius 2 is 1.32 bits per heavy atom. The molecule has 0 bridgehead atoms. The summed E-state index contributed by atoms with van der Waals surface area (Å²) in [6.07, 6.45) is 3.33. The normalized spacial score (nSPS) is 10.5. The SMILES string of the molecule is CCCN(CCc1ccccc1)CCc1ccc(O)cc1.Cl. The van der Waals surface area contributed by atoms with Crippen molar-refractivity contribution in [3.8, 4) is 5.75 Å². The van der Waals surface area contributed by atoms with Gasteiger partial charge in [0.2, 0.25) is 0 Å².